The molecule has 0 heterocycles. The molecular formula is C15H22ClNO2. The summed E-state index contributed by atoms with van der Waals surface area (Å²) in [6.45, 7) is 4.95. The number of rotatable bonds is 7. The molecular weight excluding hydrogens is 262 g/mol. The molecule has 1 atom stereocenters. The number of amides is 1. The number of carbonyl (C=O) groups excluding carboxylic acids is 1. The van der Waals surface area contributed by atoms with Gasteiger partial charge < -0.3 is 10.4 Å². The SMILES string of the molecule is CCCCC(CC)CNC(=O)c1cc(O)ccc1Cl. The lowest BCUT2D eigenvalue weighted by atomic mass is 9.99. The number of halogens is 1. The summed E-state index contributed by atoms with van der Waals surface area (Å²) in [5, 5.41) is 12.6. The van der Waals surface area contributed by atoms with Gasteiger partial charge in [0.15, 0.2) is 0 Å². The number of unbranched alkanes of at least 4 members (excludes halogenated alkanes) is 1. The predicted octanol–water partition coefficient (Wildman–Crippen LogP) is 3.99. The average molecular weight is 284 g/mol. The molecule has 0 saturated carbocycles. The fourth-order valence-electron chi connectivity index (χ4n) is 1.96. The number of hydrogen-bond donors (Lipinski definition) is 2. The maximum atomic E-state index is 12.0. The Kier molecular flexibility index (Phi) is 6.71. The minimum atomic E-state index is -0.226. The lowest BCUT2D eigenvalue weighted by Gasteiger charge is -2.15. The molecule has 0 bridgehead atoms. The molecule has 4 heteroatoms. The average Bonchev–Trinajstić information content (AvgIpc) is 2.41. The molecule has 3 nitrogen and oxygen atoms in total. The lowest BCUT2D eigenvalue weighted by Crippen LogP contribution is -2.29. The fraction of sp³-hybridized carbons (Fsp3) is 0.533. The van der Waals surface area contributed by atoms with Gasteiger partial charge in [0.05, 0.1) is 10.6 Å². The minimum absolute atomic E-state index is 0.0487. The zero-order valence-electron chi connectivity index (χ0n) is 11.6. The van der Waals surface area contributed by atoms with E-state index in [9.17, 15) is 9.90 Å². The van der Waals surface area contributed by atoms with Gasteiger partial charge in [-0.25, -0.2) is 0 Å². The molecule has 0 saturated heterocycles. The molecule has 1 rings (SSSR count). The van der Waals surface area contributed by atoms with Crippen molar-refractivity contribution in [1.82, 2.24) is 5.32 Å². The van der Waals surface area contributed by atoms with Crippen LogP contribution in [-0.2, 0) is 0 Å². The van der Waals surface area contributed by atoms with Gasteiger partial charge in [-0.15, -0.1) is 0 Å². The van der Waals surface area contributed by atoms with E-state index in [1.165, 1.54) is 31.0 Å². The van der Waals surface area contributed by atoms with E-state index >= 15 is 0 Å². The predicted molar refractivity (Wildman–Crippen MR) is 78.8 cm³/mol. The van der Waals surface area contributed by atoms with Crippen LogP contribution in [0.1, 0.15) is 49.9 Å². The van der Waals surface area contributed by atoms with Gasteiger partial charge in [0, 0.05) is 6.54 Å². The molecule has 1 amide bonds. The molecule has 1 aromatic carbocycles. The molecule has 2 N–H and O–H groups in total. The van der Waals surface area contributed by atoms with Crippen molar-refractivity contribution in [2.24, 2.45) is 5.92 Å². The molecule has 0 aliphatic heterocycles. The smallest absolute Gasteiger partial charge is 0.252 e. The van der Waals surface area contributed by atoms with Crippen LogP contribution in [0.5, 0.6) is 5.75 Å². The van der Waals surface area contributed by atoms with Crippen LogP contribution < -0.4 is 5.32 Å². The van der Waals surface area contributed by atoms with Crippen molar-refractivity contribution < 1.29 is 9.90 Å². The molecule has 1 unspecified atom stereocenters. The van der Waals surface area contributed by atoms with Crippen LogP contribution in [0.2, 0.25) is 5.02 Å². The van der Waals surface area contributed by atoms with Gasteiger partial charge in [-0.05, 0) is 30.5 Å². The van der Waals surface area contributed by atoms with Crippen molar-refractivity contribution in [3.8, 4) is 5.75 Å². The standard InChI is InChI=1S/C15H22ClNO2/c1-3-5-6-11(4-2)10-17-15(19)13-9-12(18)7-8-14(13)16/h7-9,11,18H,3-6,10H2,1-2H3,(H,17,19). The second-order valence-electron chi connectivity index (χ2n) is 4.79. The second-order valence-corrected chi connectivity index (χ2v) is 5.20. The molecule has 106 valence electrons. The highest BCUT2D eigenvalue weighted by Gasteiger charge is 2.13. The number of carbonyl (C=O) groups is 1. The van der Waals surface area contributed by atoms with Crippen LogP contribution in [0.3, 0.4) is 0 Å². The molecule has 19 heavy (non-hydrogen) atoms. The number of phenolic OH excluding ortho intramolecular Hbond substituents is 1. The van der Waals surface area contributed by atoms with Crippen LogP contribution in [0.4, 0.5) is 0 Å². The first-order valence-corrected chi connectivity index (χ1v) is 7.23. The van der Waals surface area contributed by atoms with Gasteiger partial charge in [-0.1, -0.05) is 44.7 Å². The molecule has 0 aliphatic carbocycles. The monoisotopic (exact) mass is 283 g/mol. The summed E-state index contributed by atoms with van der Waals surface area (Å²) < 4.78 is 0. The first kappa shape index (κ1) is 15.8. The zero-order valence-corrected chi connectivity index (χ0v) is 12.3. The summed E-state index contributed by atoms with van der Waals surface area (Å²) in [5.74, 6) is 0.323. The van der Waals surface area contributed by atoms with E-state index in [4.69, 9.17) is 11.6 Å². The van der Waals surface area contributed by atoms with Crippen LogP contribution >= 0.6 is 11.6 Å². The van der Waals surface area contributed by atoms with Gasteiger partial charge in [-0.2, -0.15) is 0 Å². The minimum Gasteiger partial charge on any atom is -0.508 e. The van der Waals surface area contributed by atoms with Gasteiger partial charge in [0.2, 0.25) is 0 Å². The van der Waals surface area contributed by atoms with Gasteiger partial charge in [-0.3, -0.25) is 4.79 Å². The molecule has 0 aromatic heterocycles. The highest BCUT2D eigenvalue weighted by atomic mass is 35.5. The van der Waals surface area contributed by atoms with Crippen LogP contribution in [0.25, 0.3) is 0 Å². The normalized spacial score (nSPS) is 12.2. The van der Waals surface area contributed by atoms with Crippen molar-refractivity contribution in [3.63, 3.8) is 0 Å². The Hall–Kier alpha value is -1.22. The Morgan fingerprint density at radius 2 is 2.16 bits per heavy atom. The van der Waals surface area contributed by atoms with Gasteiger partial charge in [0.25, 0.3) is 5.91 Å². The van der Waals surface area contributed by atoms with E-state index < -0.39 is 0 Å². The third-order valence-corrected chi connectivity index (χ3v) is 3.62. The van der Waals surface area contributed by atoms with E-state index in [0.29, 0.717) is 23.0 Å². The summed E-state index contributed by atoms with van der Waals surface area (Å²) in [7, 11) is 0. The lowest BCUT2D eigenvalue weighted by molar-refractivity contribution is 0.0945. The maximum absolute atomic E-state index is 12.0. The molecule has 0 fully saturated rings. The Bertz CT molecular complexity index is 421. The molecule has 0 spiro atoms. The molecule has 0 radical (unpaired) electrons. The summed E-state index contributed by atoms with van der Waals surface area (Å²) in [6, 6.07) is 4.39. The summed E-state index contributed by atoms with van der Waals surface area (Å²) in [6.07, 6.45) is 4.53. The largest absolute Gasteiger partial charge is 0.508 e. The van der Waals surface area contributed by atoms with Crippen LogP contribution in [0.15, 0.2) is 18.2 Å². The Labute approximate surface area is 120 Å². The fourth-order valence-corrected chi connectivity index (χ4v) is 2.17. The summed E-state index contributed by atoms with van der Waals surface area (Å²) in [4.78, 5) is 12.0. The van der Waals surface area contributed by atoms with Gasteiger partial charge in [0.1, 0.15) is 5.75 Å². The van der Waals surface area contributed by atoms with E-state index in [-0.39, 0.29) is 11.7 Å². The first-order valence-electron chi connectivity index (χ1n) is 6.85. The van der Waals surface area contributed by atoms with E-state index in [1.807, 2.05) is 0 Å². The van der Waals surface area contributed by atoms with E-state index in [2.05, 4.69) is 19.2 Å². The number of phenols is 1. The number of benzene rings is 1. The summed E-state index contributed by atoms with van der Waals surface area (Å²) in [5.41, 5.74) is 0.326. The number of aromatic hydroxyl groups is 1. The topological polar surface area (TPSA) is 49.3 Å². The molecule has 0 aliphatic rings. The number of hydrogen-bond acceptors (Lipinski definition) is 2. The maximum Gasteiger partial charge on any atom is 0.252 e. The van der Waals surface area contributed by atoms with Crippen molar-refractivity contribution >= 4 is 17.5 Å². The first-order chi connectivity index (χ1) is 9.08. The van der Waals surface area contributed by atoms with Crippen molar-refractivity contribution in [1.29, 1.82) is 0 Å². The third kappa shape index (κ3) is 5.11. The van der Waals surface area contributed by atoms with Crippen molar-refractivity contribution in [3.05, 3.63) is 28.8 Å². The van der Waals surface area contributed by atoms with Crippen LogP contribution in [0, 0.1) is 5.92 Å². The Morgan fingerprint density at radius 1 is 1.42 bits per heavy atom. The quantitative estimate of drug-likeness (QED) is 0.795. The highest BCUT2D eigenvalue weighted by molar-refractivity contribution is 6.33. The Morgan fingerprint density at radius 3 is 2.79 bits per heavy atom. The summed E-state index contributed by atoms with van der Waals surface area (Å²) >= 11 is 5.95. The van der Waals surface area contributed by atoms with Crippen molar-refractivity contribution in [2.45, 2.75) is 39.5 Å². The van der Waals surface area contributed by atoms with E-state index in [0.717, 1.165) is 12.8 Å². The second kappa shape index (κ2) is 8.05. The number of nitrogens with one attached hydrogen (secondary N) is 1. The zero-order chi connectivity index (χ0) is 14.3. The third-order valence-electron chi connectivity index (χ3n) is 3.29. The van der Waals surface area contributed by atoms with Crippen molar-refractivity contribution in [2.75, 3.05) is 6.54 Å². The Balaban J connectivity index is 2.56. The molecule has 1 aromatic rings. The highest BCUT2D eigenvalue weighted by Crippen LogP contribution is 2.21. The van der Waals surface area contributed by atoms with E-state index in [1.54, 1.807) is 0 Å². The van der Waals surface area contributed by atoms with Crippen LogP contribution in [-0.4, -0.2) is 17.6 Å². The van der Waals surface area contributed by atoms with Gasteiger partial charge >= 0.3 is 0 Å².